The van der Waals surface area contributed by atoms with Crippen molar-refractivity contribution in [3.05, 3.63) is 107 Å². The van der Waals surface area contributed by atoms with Gasteiger partial charge in [0.1, 0.15) is 24.6 Å². The van der Waals surface area contributed by atoms with E-state index in [4.69, 9.17) is 13.9 Å². The van der Waals surface area contributed by atoms with Crippen LogP contribution in [-0.4, -0.2) is 81.2 Å². The number of amides is 2. The Morgan fingerprint density at radius 1 is 1.18 bits per heavy atom. The average molecular weight is 702 g/mol. The molecule has 51 heavy (non-hydrogen) atoms. The fourth-order valence-electron chi connectivity index (χ4n) is 5.95. The zero-order chi connectivity index (χ0) is 36.3. The SMILES string of the molecule is CC[C@H]1OC(=O)C2=CCN(C2)C(=O)c2coc(n2)CC(F)C[C@H](OC(=O)c2ccc(Cn3ccnc3)cc2)/C=C(C)/C=C/CNC(=O)CC[C@H]1C. The molecule has 1 unspecified atom stereocenters. The van der Waals surface area contributed by atoms with E-state index in [2.05, 4.69) is 15.3 Å². The van der Waals surface area contributed by atoms with E-state index in [1.54, 1.807) is 55.9 Å². The number of hydrogen-bond donors (Lipinski definition) is 1. The van der Waals surface area contributed by atoms with E-state index in [-0.39, 0.29) is 62.3 Å². The normalized spacial score (nSPS) is 24.4. The third-order valence-electron chi connectivity index (χ3n) is 8.86. The molecular weight excluding hydrogens is 657 g/mol. The number of nitrogens with zero attached hydrogens (tertiary/aromatic N) is 4. The van der Waals surface area contributed by atoms with Crippen LogP contribution in [0.15, 0.2) is 89.1 Å². The lowest BCUT2D eigenvalue weighted by atomic mass is 9.96. The smallest absolute Gasteiger partial charge is 0.338 e. The van der Waals surface area contributed by atoms with Gasteiger partial charge in [-0.2, -0.15) is 0 Å². The Hall–Kier alpha value is -5.33. The van der Waals surface area contributed by atoms with Crippen LogP contribution in [0.2, 0.25) is 0 Å². The number of benzene rings is 1. The lowest BCUT2D eigenvalue weighted by Gasteiger charge is -2.23. The highest BCUT2D eigenvalue weighted by atomic mass is 19.1. The summed E-state index contributed by atoms with van der Waals surface area (Å²) in [6.45, 7) is 6.73. The molecule has 1 N–H and O–H groups in total. The maximum atomic E-state index is 15.6. The molecule has 2 aliphatic rings. The van der Waals surface area contributed by atoms with Gasteiger partial charge in [-0.15, -0.1) is 0 Å². The average Bonchev–Trinajstić information content (AvgIpc) is 3.91. The largest absolute Gasteiger partial charge is 0.459 e. The Kier molecular flexibility index (Phi) is 12.7. The zero-order valence-electron chi connectivity index (χ0n) is 29.1. The summed E-state index contributed by atoms with van der Waals surface area (Å²) < 4.78 is 34.5. The first kappa shape index (κ1) is 36.9. The van der Waals surface area contributed by atoms with Crippen LogP contribution in [0.5, 0.6) is 0 Å². The van der Waals surface area contributed by atoms with E-state index in [1.165, 1.54) is 11.2 Å². The van der Waals surface area contributed by atoms with Gasteiger partial charge in [-0.25, -0.2) is 23.9 Å². The quantitative estimate of drug-likeness (QED) is 0.356. The molecule has 270 valence electrons. The molecule has 2 aromatic heterocycles. The molecule has 2 aliphatic heterocycles. The third kappa shape index (κ3) is 10.6. The predicted octanol–water partition coefficient (Wildman–Crippen LogP) is 5.17. The van der Waals surface area contributed by atoms with Crippen LogP contribution in [0.3, 0.4) is 0 Å². The van der Waals surface area contributed by atoms with Gasteiger partial charge in [0.25, 0.3) is 5.91 Å². The van der Waals surface area contributed by atoms with Crippen molar-refractivity contribution in [3.8, 4) is 0 Å². The molecule has 0 spiro atoms. The molecule has 0 fully saturated rings. The summed E-state index contributed by atoms with van der Waals surface area (Å²) >= 11 is 0. The summed E-state index contributed by atoms with van der Waals surface area (Å²) in [5.74, 6) is -1.77. The number of halogens is 1. The lowest BCUT2D eigenvalue weighted by molar-refractivity contribution is -0.147. The molecule has 2 amide bonds. The number of cyclic esters (lactones) is 1. The second-order valence-corrected chi connectivity index (χ2v) is 12.9. The zero-order valence-corrected chi connectivity index (χ0v) is 29.1. The highest BCUT2D eigenvalue weighted by Gasteiger charge is 2.30. The standard InChI is InChI=1S/C38H44FN5O7/c1-4-33-26(3)7-12-34(45)41-14-5-6-25(2)18-31(50-37(47)28-10-8-27(9-11-28)21-43-17-15-40-24-43)19-30(39)20-35-42-32(23-49-35)36(46)44-16-13-29(22-44)38(48)51-33/h5-6,8-11,13,15,17-18,23-24,26,30-31,33H,4,7,12,14,16,19-22H2,1-3H3,(H,41,45)/b6-5+,25-18+/t26-,30?,31-,33-/m1/s1. The Labute approximate surface area is 296 Å². The van der Waals surface area contributed by atoms with E-state index in [1.807, 2.05) is 36.7 Å². The van der Waals surface area contributed by atoms with Gasteiger partial charge in [-0.3, -0.25) is 9.59 Å². The van der Waals surface area contributed by atoms with Crippen molar-refractivity contribution in [1.29, 1.82) is 0 Å². The molecule has 1 aromatic carbocycles. The van der Waals surface area contributed by atoms with Gasteiger partial charge >= 0.3 is 11.9 Å². The molecule has 13 heteroatoms. The molecule has 0 radical (unpaired) electrons. The first-order chi connectivity index (χ1) is 24.6. The first-order valence-electron chi connectivity index (χ1n) is 17.2. The molecule has 4 heterocycles. The van der Waals surface area contributed by atoms with Crippen LogP contribution in [0.25, 0.3) is 0 Å². The van der Waals surface area contributed by atoms with E-state index in [0.29, 0.717) is 36.1 Å². The maximum Gasteiger partial charge on any atom is 0.338 e. The van der Waals surface area contributed by atoms with Crippen LogP contribution in [0.1, 0.15) is 78.8 Å². The number of fused-ring (bicyclic) bond motifs is 4. The van der Waals surface area contributed by atoms with Crippen molar-refractivity contribution in [2.75, 3.05) is 19.6 Å². The van der Waals surface area contributed by atoms with Crippen molar-refractivity contribution < 1.29 is 37.5 Å². The summed E-state index contributed by atoms with van der Waals surface area (Å²) in [4.78, 5) is 61.6. The Morgan fingerprint density at radius 3 is 2.73 bits per heavy atom. The van der Waals surface area contributed by atoms with Crippen molar-refractivity contribution in [1.82, 2.24) is 24.8 Å². The van der Waals surface area contributed by atoms with E-state index < -0.39 is 36.2 Å². The molecule has 5 rings (SSSR count). The molecule has 0 aliphatic carbocycles. The fourth-order valence-corrected chi connectivity index (χ4v) is 5.95. The highest BCUT2D eigenvalue weighted by molar-refractivity contribution is 5.96. The van der Waals surface area contributed by atoms with Crippen LogP contribution in [-0.2, 0) is 32.0 Å². The van der Waals surface area contributed by atoms with Gasteiger partial charge in [0, 0.05) is 44.9 Å². The molecular formula is C38H44FN5O7. The number of esters is 2. The number of allylic oxidation sites excluding steroid dienone is 2. The number of carbonyl (C=O) groups is 4. The van der Waals surface area contributed by atoms with E-state index >= 15 is 4.39 Å². The molecule has 12 nitrogen and oxygen atoms in total. The Bertz CT molecular complexity index is 1760. The fraction of sp³-hybridized carbons (Fsp3) is 0.421. The number of oxazole rings is 1. The molecule has 0 saturated heterocycles. The van der Waals surface area contributed by atoms with Crippen molar-refractivity contribution in [2.24, 2.45) is 5.92 Å². The van der Waals surface area contributed by atoms with Crippen LogP contribution >= 0.6 is 0 Å². The number of rotatable bonds is 5. The number of ether oxygens (including phenoxy) is 2. The monoisotopic (exact) mass is 701 g/mol. The van der Waals surface area contributed by atoms with Crippen LogP contribution in [0, 0.1) is 5.92 Å². The first-order valence-corrected chi connectivity index (χ1v) is 17.2. The van der Waals surface area contributed by atoms with Gasteiger partial charge < -0.3 is 28.7 Å². The number of hydrogen-bond acceptors (Lipinski definition) is 9. The molecule has 3 aromatic rings. The van der Waals surface area contributed by atoms with Crippen molar-refractivity contribution in [3.63, 3.8) is 0 Å². The van der Waals surface area contributed by atoms with Crippen molar-refractivity contribution >= 4 is 23.8 Å². The van der Waals surface area contributed by atoms with Gasteiger partial charge in [0.2, 0.25) is 5.91 Å². The number of imidazole rings is 1. The van der Waals surface area contributed by atoms with E-state index in [9.17, 15) is 19.2 Å². The lowest BCUT2D eigenvalue weighted by Crippen LogP contribution is -2.32. The summed E-state index contributed by atoms with van der Waals surface area (Å²) in [5, 5.41) is 2.86. The minimum atomic E-state index is -1.54. The summed E-state index contributed by atoms with van der Waals surface area (Å²) in [6, 6.07) is 6.97. The Morgan fingerprint density at radius 2 is 1.98 bits per heavy atom. The summed E-state index contributed by atoms with van der Waals surface area (Å²) in [6.07, 6.45) is 11.3. The van der Waals surface area contributed by atoms with Crippen molar-refractivity contribution in [2.45, 2.75) is 77.8 Å². The predicted molar refractivity (Wildman–Crippen MR) is 185 cm³/mol. The number of aromatic nitrogens is 3. The van der Waals surface area contributed by atoms with Crippen LogP contribution < -0.4 is 5.32 Å². The molecule has 0 saturated carbocycles. The second kappa shape index (κ2) is 17.6. The minimum absolute atomic E-state index is 0.00616. The van der Waals surface area contributed by atoms with E-state index in [0.717, 1.165) is 5.56 Å². The van der Waals surface area contributed by atoms with Gasteiger partial charge in [-0.05, 0) is 49.5 Å². The third-order valence-corrected chi connectivity index (χ3v) is 8.86. The summed E-state index contributed by atoms with van der Waals surface area (Å²) in [5.41, 5.74) is 2.33. The molecule has 4 bridgehead atoms. The Balaban J connectivity index is 1.31. The maximum absolute atomic E-state index is 15.6. The number of carbonyl (C=O) groups excluding carboxylic acids is 4. The topological polar surface area (TPSA) is 146 Å². The van der Waals surface area contributed by atoms with Gasteiger partial charge in [0.15, 0.2) is 11.6 Å². The highest BCUT2D eigenvalue weighted by Crippen LogP contribution is 2.22. The number of nitrogens with one attached hydrogen (secondary N) is 1. The van der Waals surface area contributed by atoms with Crippen LogP contribution in [0.4, 0.5) is 4.39 Å². The van der Waals surface area contributed by atoms with Gasteiger partial charge in [0.05, 0.1) is 30.4 Å². The second-order valence-electron chi connectivity index (χ2n) is 12.9. The van der Waals surface area contributed by atoms with Gasteiger partial charge in [-0.1, -0.05) is 49.8 Å². The minimum Gasteiger partial charge on any atom is -0.459 e. The summed E-state index contributed by atoms with van der Waals surface area (Å²) in [7, 11) is 0. The number of alkyl halides is 1. The molecule has 4 atom stereocenters.